The molecule has 1 N–H and O–H groups in total. The highest BCUT2D eigenvalue weighted by molar-refractivity contribution is 7.51. The average molecular weight is 411 g/mol. The molecule has 1 amide bonds. The number of ether oxygens (including phenoxy) is 1. The van der Waals surface area contributed by atoms with Crippen LogP contribution >= 0.6 is 0 Å². The summed E-state index contributed by atoms with van der Waals surface area (Å²) in [4.78, 5) is 12.6. The highest BCUT2D eigenvalue weighted by atomic mass is 32.1. The normalized spacial score (nSPS) is 10.1. The van der Waals surface area contributed by atoms with Gasteiger partial charge in [0, 0.05) is 24.9 Å². The molecule has 2 aromatic heterocycles. The molecule has 0 spiro atoms. The lowest BCUT2D eigenvalue weighted by Gasteiger charge is -2.09. The molecule has 148 valence electrons. The summed E-state index contributed by atoms with van der Waals surface area (Å²) in [6, 6.07) is 14.7. The number of nitrogens with one attached hydrogen (secondary N) is 1. The van der Waals surface area contributed by atoms with Crippen LogP contribution < -0.4 is 10.1 Å². The van der Waals surface area contributed by atoms with E-state index in [4.69, 9.17) is 17.6 Å². The van der Waals surface area contributed by atoms with E-state index in [0.29, 0.717) is 28.5 Å². The fourth-order valence-corrected chi connectivity index (χ4v) is 2.66. The fraction of sp³-hybridized carbons (Fsp3) is 0.100. The Balaban J connectivity index is 0.000000755. The average Bonchev–Trinajstić information content (AvgIpc) is 3.33. The van der Waals surface area contributed by atoms with Gasteiger partial charge >= 0.3 is 11.6 Å². The van der Waals surface area contributed by atoms with Crippen molar-refractivity contribution >= 4 is 34.3 Å². The second-order valence-corrected chi connectivity index (χ2v) is 6.25. The van der Waals surface area contributed by atoms with Crippen molar-refractivity contribution < 1.29 is 22.4 Å². The maximum atomic E-state index is 12.6. The summed E-state index contributed by atoms with van der Waals surface area (Å²) in [7, 11) is 1.79. The summed E-state index contributed by atoms with van der Waals surface area (Å²) in [5.41, 5.74) is 2.16. The SMILES string of the molecule is Cc1ccc(Oc2cc(C(=O)Nc3ccn(C)n3)cc3occc23)cc1.O=S=O. The topological polar surface area (TPSA) is 103 Å². The predicted octanol–water partition coefficient (Wildman–Crippen LogP) is 3.85. The third-order valence-electron chi connectivity index (χ3n) is 4.00. The molecule has 0 radical (unpaired) electrons. The second kappa shape index (κ2) is 8.98. The molecular formula is C20H17N3O5S. The van der Waals surface area contributed by atoms with E-state index in [9.17, 15) is 4.79 Å². The van der Waals surface area contributed by atoms with Crippen molar-refractivity contribution in [2.24, 2.45) is 7.05 Å². The third kappa shape index (κ3) is 4.96. The number of rotatable bonds is 4. The quantitative estimate of drug-likeness (QED) is 0.547. The van der Waals surface area contributed by atoms with E-state index in [1.165, 1.54) is 0 Å². The van der Waals surface area contributed by atoms with Gasteiger partial charge in [-0.1, -0.05) is 17.7 Å². The number of nitrogens with zero attached hydrogens (tertiary/aromatic N) is 2. The molecule has 0 atom stereocenters. The molecule has 0 saturated heterocycles. The zero-order valence-electron chi connectivity index (χ0n) is 15.6. The number of fused-ring (bicyclic) bond motifs is 1. The number of aryl methyl sites for hydroxylation is 2. The van der Waals surface area contributed by atoms with Crippen LogP contribution in [0.2, 0.25) is 0 Å². The van der Waals surface area contributed by atoms with Crippen molar-refractivity contribution in [1.29, 1.82) is 0 Å². The molecule has 2 aromatic carbocycles. The molecule has 0 aliphatic carbocycles. The maximum Gasteiger partial charge on any atom is 0.335 e. The van der Waals surface area contributed by atoms with Gasteiger partial charge in [0.15, 0.2) is 5.82 Å². The molecule has 0 unspecified atom stereocenters. The number of hydrogen-bond donors (Lipinski definition) is 1. The molecule has 0 fully saturated rings. The van der Waals surface area contributed by atoms with Gasteiger partial charge in [0.05, 0.1) is 11.6 Å². The maximum absolute atomic E-state index is 12.6. The van der Waals surface area contributed by atoms with Crippen LogP contribution in [-0.2, 0) is 18.6 Å². The molecule has 0 saturated carbocycles. The number of benzene rings is 2. The van der Waals surface area contributed by atoms with Gasteiger partial charge in [0.2, 0.25) is 0 Å². The van der Waals surface area contributed by atoms with Crippen molar-refractivity contribution in [2.75, 3.05) is 5.32 Å². The Bertz CT molecular complexity index is 1170. The van der Waals surface area contributed by atoms with Crippen LogP contribution in [0.3, 0.4) is 0 Å². The summed E-state index contributed by atoms with van der Waals surface area (Å²) in [6.45, 7) is 2.01. The van der Waals surface area contributed by atoms with Crippen molar-refractivity contribution in [3.05, 3.63) is 72.1 Å². The molecule has 0 aliphatic heterocycles. The van der Waals surface area contributed by atoms with E-state index >= 15 is 0 Å². The van der Waals surface area contributed by atoms with Gasteiger partial charge in [-0.2, -0.15) is 13.5 Å². The minimum absolute atomic E-state index is 0.282. The van der Waals surface area contributed by atoms with Gasteiger partial charge in [-0.3, -0.25) is 9.48 Å². The molecule has 4 aromatic rings. The van der Waals surface area contributed by atoms with Crippen LogP contribution in [0.1, 0.15) is 15.9 Å². The molecule has 2 heterocycles. The Morgan fingerprint density at radius 1 is 1.14 bits per heavy atom. The number of carbonyl (C=O) groups is 1. The number of hydrogen-bond acceptors (Lipinski definition) is 6. The van der Waals surface area contributed by atoms with E-state index in [1.807, 2.05) is 37.3 Å². The molecule has 29 heavy (non-hydrogen) atoms. The molecule has 4 rings (SSSR count). The van der Waals surface area contributed by atoms with Crippen LogP contribution in [0.4, 0.5) is 5.82 Å². The largest absolute Gasteiger partial charge is 0.464 e. The van der Waals surface area contributed by atoms with Gasteiger partial charge < -0.3 is 14.5 Å². The summed E-state index contributed by atoms with van der Waals surface area (Å²) >= 11 is -0.750. The number of furan rings is 1. The zero-order chi connectivity index (χ0) is 20.8. The van der Waals surface area contributed by atoms with E-state index in [1.54, 1.807) is 42.4 Å². The Morgan fingerprint density at radius 3 is 2.52 bits per heavy atom. The van der Waals surface area contributed by atoms with Gasteiger partial charge in [0.25, 0.3) is 5.91 Å². The van der Waals surface area contributed by atoms with Crippen molar-refractivity contribution in [3.63, 3.8) is 0 Å². The molecule has 0 bridgehead atoms. The lowest BCUT2D eigenvalue weighted by Crippen LogP contribution is -2.12. The van der Waals surface area contributed by atoms with Gasteiger partial charge in [-0.15, -0.1) is 0 Å². The van der Waals surface area contributed by atoms with Crippen LogP contribution in [0, 0.1) is 6.92 Å². The zero-order valence-corrected chi connectivity index (χ0v) is 16.4. The van der Waals surface area contributed by atoms with Crippen LogP contribution in [0.25, 0.3) is 11.0 Å². The van der Waals surface area contributed by atoms with Crippen LogP contribution in [0.15, 0.2) is 65.4 Å². The third-order valence-corrected chi connectivity index (χ3v) is 4.00. The predicted molar refractivity (Wildman–Crippen MR) is 108 cm³/mol. The van der Waals surface area contributed by atoms with Crippen molar-refractivity contribution in [2.45, 2.75) is 6.92 Å². The first-order valence-corrected chi connectivity index (χ1v) is 9.15. The van der Waals surface area contributed by atoms with Crippen molar-refractivity contribution in [3.8, 4) is 11.5 Å². The number of carbonyl (C=O) groups excluding carboxylic acids is 1. The molecule has 9 heteroatoms. The minimum atomic E-state index is -0.750. The number of aromatic nitrogens is 2. The highest BCUT2D eigenvalue weighted by Gasteiger charge is 2.15. The fourth-order valence-electron chi connectivity index (χ4n) is 2.66. The Morgan fingerprint density at radius 2 is 1.86 bits per heavy atom. The smallest absolute Gasteiger partial charge is 0.335 e. The Kier molecular flexibility index (Phi) is 6.20. The van der Waals surface area contributed by atoms with Gasteiger partial charge in [-0.25, -0.2) is 0 Å². The van der Waals surface area contributed by atoms with Gasteiger partial charge in [0.1, 0.15) is 17.1 Å². The number of anilines is 1. The monoisotopic (exact) mass is 411 g/mol. The van der Waals surface area contributed by atoms with Crippen LogP contribution in [0.5, 0.6) is 11.5 Å². The summed E-state index contributed by atoms with van der Waals surface area (Å²) in [6.07, 6.45) is 3.34. The lowest BCUT2D eigenvalue weighted by molar-refractivity contribution is 0.102. The standard InChI is InChI=1S/C20H17N3O3.O2S/c1-13-3-5-15(6-4-13)26-18-12-14(11-17-16(18)8-10-25-17)20(24)21-19-7-9-23(2)22-19;1-3-2/h3-12H,1-2H3,(H,21,22,24);. The van der Waals surface area contributed by atoms with Gasteiger partial charge in [-0.05, 0) is 37.3 Å². The van der Waals surface area contributed by atoms with Crippen LogP contribution in [-0.4, -0.2) is 24.1 Å². The van der Waals surface area contributed by atoms with E-state index in [0.717, 1.165) is 10.9 Å². The van der Waals surface area contributed by atoms with E-state index < -0.39 is 11.6 Å². The molecular weight excluding hydrogens is 394 g/mol. The first kappa shape index (κ1) is 20.0. The number of amides is 1. The summed E-state index contributed by atoms with van der Waals surface area (Å²) in [5, 5.41) is 7.73. The first-order valence-electron chi connectivity index (χ1n) is 8.48. The van der Waals surface area contributed by atoms with Crippen molar-refractivity contribution in [1.82, 2.24) is 9.78 Å². The van der Waals surface area contributed by atoms with E-state index in [-0.39, 0.29) is 5.91 Å². The lowest BCUT2D eigenvalue weighted by atomic mass is 10.1. The summed E-state index contributed by atoms with van der Waals surface area (Å²) < 4.78 is 29.7. The highest BCUT2D eigenvalue weighted by Crippen LogP contribution is 2.32. The first-order chi connectivity index (χ1) is 14.0. The minimum Gasteiger partial charge on any atom is -0.464 e. The second-order valence-electron chi connectivity index (χ2n) is 6.12. The summed E-state index contributed by atoms with van der Waals surface area (Å²) in [5.74, 6) is 1.46. The Labute approximate surface area is 169 Å². The molecule has 0 aliphatic rings. The van der Waals surface area contributed by atoms with E-state index in [2.05, 4.69) is 10.4 Å². The Hall–Kier alpha value is -3.72. The molecule has 8 nitrogen and oxygen atoms in total.